The maximum atomic E-state index is 12.9. The monoisotopic (exact) mass is 344 g/mol. The molecule has 7 heteroatoms. The van der Waals surface area contributed by atoms with Crippen LogP contribution in [0.3, 0.4) is 0 Å². The van der Waals surface area contributed by atoms with Gasteiger partial charge in [-0.15, -0.1) is 0 Å². The molecule has 1 amide bonds. The average molecular weight is 344 g/mol. The minimum absolute atomic E-state index is 0.125. The lowest BCUT2D eigenvalue weighted by Gasteiger charge is -2.24. The molecule has 0 saturated carbocycles. The first-order valence-electron chi connectivity index (χ1n) is 7.97. The van der Waals surface area contributed by atoms with E-state index in [1.807, 2.05) is 0 Å². The van der Waals surface area contributed by atoms with Crippen molar-refractivity contribution >= 4 is 6.09 Å². The van der Waals surface area contributed by atoms with Gasteiger partial charge in [0, 0.05) is 18.8 Å². The number of aromatic nitrogens is 1. The quantitative estimate of drug-likeness (QED) is 0.807. The summed E-state index contributed by atoms with van der Waals surface area (Å²) < 4.78 is 43.9. The van der Waals surface area contributed by atoms with E-state index < -0.39 is 17.5 Å². The molecule has 24 heavy (non-hydrogen) atoms. The van der Waals surface area contributed by atoms with E-state index in [1.54, 1.807) is 38.7 Å². The second-order valence-corrected chi connectivity index (χ2v) is 7.28. The highest BCUT2D eigenvalue weighted by molar-refractivity contribution is 5.68. The van der Waals surface area contributed by atoms with Crippen LogP contribution in [0, 0.1) is 12.8 Å². The summed E-state index contributed by atoms with van der Waals surface area (Å²) in [5.74, 6) is 0.125. The Kier molecular flexibility index (Phi) is 5.11. The number of amides is 1. The van der Waals surface area contributed by atoms with E-state index in [0.717, 1.165) is 12.5 Å². The molecule has 1 fully saturated rings. The Bertz CT molecular complexity index is 609. The van der Waals surface area contributed by atoms with Gasteiger partial charge >= 0.3 is 12.3 Å². The van der Waals surface area contributed by atoms with Gasteiger partial charge in [-0.2, -0.15) is 13.2 Å². The van der Waals surface area contributed by atoms with Crippen LogP contribution in [0.15, 0.2) is 12.1 Å². The Morgan fingerprint density at radius 2 is 2.00 bits per heavy atom. The van der Waals surface area contributed by atoms with E-state index in [-0.39, 0.29) is 12.0 Å². The highest BCUT2D eigenvalue weighted by Crippen LogP contribution is 2.30. The Balaban J connectivity index is 2.01. The van der Waals surface area contributed by atoms with Crippen LogP contribution in [0.5, 0.6) is 0 Å². The zero-order chi connectivity index (χ0) is 18.1. The lowest BCUT2D eigenvalue weighted by atomic mass is 9.98. The number of carbonyl (C=O) groups excluding carboxylic acids is 1. The van der Waals surface area contributed by atoms with Crippen molar-refractivity contribution in [1.82, 2.24) is 9.88 Å². The molecule has 0 radical (unpaired) electrons. The molecule has 2 rings (SSSR count). The van der Waals surface area contributed by atoms with Crippen LogP contribution in [0.4, 0.5) is 18.0 Å². The van der Waals surface area contributed by atoms with Crippen molar-refractivity contribution in [2.24, 2.45) is 5.92 Å². The third-order valence-corrected chi connectivity index (χ3v) is 3.77. The van der Waals surface area contributed by atoms with Crippen molar-refractivity contribution < 1.29 is 22.7 Å². The van der Waals surface area contributed by atoms with Crippen molar-refractivity contribution in [1.29, 1.82) is 0 Å². The summed E-state index contributed by atoms with van der Waals surface area (Å²) in [6, 6.07) is 2.77. The van der Waals surface area contributed by atoms with Gasteiger partial charge in [-0.25, -0.2) is 9.78 Å². The van der Waals surface area contributed by atoms with Gasteiger partial charge in [0.1, 0.15) is 11.3 Å². The third kappa shape index (κ3) is 5.11. The first-order chi connectivity index (χ1) is 10.9. The lowest BCUT2D eigenvalue weighted by Crippen LogP contribution is -2.35. The molecular formula is C17H23F3N2O2. The standard InChI is InChI=1S/C17H23F3N2O2/c1-11-7-13(9-14(21-11)17(18,19)20)8-12-5-6-22(10-12)15(23)24-16(2,3)4/h7,9,12H,5-6,8,10H2,1-4H3/t12-/m1/s1. The van der Waals surface area contributed by atoms with Gasteiger partial charge in [0.05, 0.1) is 0 Å². The summed E-state index contributed by atoms with van der Waals surface area (Å²) in [5, 5.41) is 0. The second-order valence-electron chi connectivity index (χ2n) is 7.28. The first kappa shape index (κ1) is 18.5. The summed E-state index contributed by atoms with van der Waals surface area (Å²) in [5.41, 5.74) is -0.467. The molecular weight excluding hydrogens is 321 g/mol. The molecule has 0 bridgehead atoms. The number of carbonyl (C=O) groups is 1. The van der Waals surface area contributed by atoms with Crippen molar-refractivity contribution in [3.63, 3.8) is 0 Å². The molecule has 1 atom stereocenters. The van der Waals surface area contributed by atoms with Crippen molar-refractivity contribution in [3.05, 3.63) is 29.1 Å². The van der Waals surface area contributed by atoms with Crippen molar-refractivity contribution in [2.45, 2.75) is 52.3 Å². The van der Waals surface area contributed by atoms with Crippen molar-refractivity contribution in [2.75, 3.05) is 13.1 Å². The zero-order valence-electron chi connectivity index (χ0n) is 14.4. The minimum atomic E-state index is -4.45. The Labute approximate surface area is 140 Å². The van der Waals surface area contributed by atoms with E-state index in [1.165, 1.54) is 0 Å². The fraction of sp³-hybridized carbons (Fsp3) is 0.647. The van der Waals surface area contributed by atoms with Crippen LogP contribution in [0.25, 0.3) is 0 Å². The number of nitrogens with zero attached hydrogens (tertiary/aromatic N) is 2. The number of aryl methyl sites for hydroxylation is 1. The smallest absolute Gasteiger partial charge is 0.433 e. The van der Waals surface area contributed by atoms with Crippen LogP contribution in [-0.2, 0) is 17.3 Å². The van der Waals surface area contributed by atoms with Gasteiger partial charge in [0.15, 0.2) is 0 Å². The molecule has 0 aliphatic carbocycles. The third-order valence-electron chi connectivity index (χ3n) is 3.77. The molecule has 2 heterocycles. The Morgan fingerprint density at radius 3 is 2.58 bits per heavy atom. The van der Waals surface area contributed by atoms with Crippen LogP contribution in [0.1, 0.15) is 44.1 Å². The fourth-order valence-corrected chi connectivity index (χ4v) is 2.83. The maximum Gasteiger partial charge on any atom is 0.433 e. The fourth-order valence-electron chi connectivity index (χ4n) is 2.83. The lowest BCUT2D eigenvalue weighted by molar-refractivity contribution is -0.141. The van der Waals surface area contributed by atoms with Crippen molar-refractivity contribution in [3.8, 4) is 0 Å². The number of hydrogen-bond donors (Lipinski definition) is 0. The van der Waals surface area contributed by atoms with Gasteiger partial charge in [-0.05, 0) is 64.2 Å². The van der Waals surface area contributed by atoms with E-state index in [0.29, 0.717) is 30.8 Å². The minimum Gasteiger partial charge on any atom is -0.444 e. The molecule has 0 aromatic carbocycles. The van der Waals surface area contributed by atoms with E-state index in [2.05, 4.69) is 4.98 Å². The molecule has 1 aromatic rings. The molecule has 134 valence electrons. The predicted molar refractivity (Wildman–Crippen MR) is 83.6 cm³/mol. The number of halogens is 3. The molecule has 1 aliphatic rings. The van der Waals surface area contributed by atoms with E-state index in [9.17, 15) is 18.0 Å². The number of pyridine rings is 1. The summed E-state index contributed by atoms with van der Waals surface area (Å²) >= 11 is 0. The van der Waals surface area contributed by atoms with Gasteiger partial charge < -0.3 is 9.64 Å². The molecule has 4 nitrogen and oxygen atoms in total. The summed E-state index contributed by atoms with van der Waals surface area (Å²) in [6.45, 7) is 8.03. The summed E-state index contributed by atoms with van der Waals surface area (Å²) in [4.78, 5) is 17.2. The van der Waals surface area contributed by atoms with E-state index in [4.69, 9.17) is 4.74 Å². The number of likely N-dealkylation sites (tertiary alicyclic amines) is 1. The SMILES string of the molecule is Cc1cc(C[C@H]2CCN(C(=O)OC(C)(C)C)C2)cc(C(F)(F)F)n1. The predicted octanol–water partition coefficient (Wildman–Crippen LogP) is 4.21. The Hall–Kier alpha value is -1.79. The normalized spacial score (nSPS) is 18.8. The van der Waals surface area contributed by atoms with Crippen LogP contribution in [0.2, 0.25) is 0 Å². The van der Waals surface area contributed by atoms with Gasteiger partial charge in [-0.1, -0.05) is 0 Å². The molecule has 1 saturated heterocycles. The summed E-state index contributed by atoms with van der Waals surface area (Å²) in [7, 11) is 0. The van der Waals surface area contributed by atoms with Crippen LogP contribution >= 0.6 is 0 Å². The Morgan fingerprint density at radius 1 is 1.33 bits per heavy atom. The maximum absolute atomic E-state index is 12.9. The highest BCUT2D eigenvalue weighted by atomic mass is 19.4. The van der Waals surface area contributed by atoms with Gasteiger partial charge in [0.25, 0.3) is 0 Å². The first-order valence-corrected chi connectivity index (χ1v) is 7.97. The molecule has 1 aliphatic heterocycles. The summed E-state index contributed by atoms with van der Waals surface area (Å²) in [6.07, 6.45) is -3.57. The van der Waals surface area contributed by atoms with Gasteiger partial charge in [-0.3, -0.25) is 0 Å². The largest absolute Gasteiger partial charge is 0.444 e. The number of alkyl halides is 3. The molecule has 0 spiro atoms. The van der Waals surface area contributed by atoms with Gasteiger partial charge in [0.2, 0.25) is 0 Å². The average Bonchev–Trinajstić information content (AvgIpc) is 2.83. The molecule has 0 unspecified atom stereocenters. The second kappa shape index (κ2) is 6.61. The molecule has 0 N–H and O–H groups in total. The topological polar surface area (TPSA) is 42.4 Å². The molecule has 1 aromatic heterocycles. The number of rotatable bonds is 2. The zero-order valence-corrected chi connectivity index (χ0v) is 14.4. The van der Waals surface area contributed by atoms with E-state index >= 15 is 0 Å². The highest BCUT2D eigenvalue weighted by Gasteiger charge is 2.34. The number of ether oxygens (including phenoxy) is 1. The van der Waals surface area contributed by atoms with Crippen LogP contribution < -0.4 is 0 Å². The number of hydrogen-bond acceptors (Lipinski definition) is 3. The van der Waals surface area contributed by atoms with Crippen LogP contribution in [-0.4, -0.2) is 34.7 Å².